The van der Waals surface area contributed by atoms with Gasteiger partial charge in [0.25, 0.3) is 0 Å². The van der Waals surface area contributed by atoms with Gasteiger partial charge in [-0.2, -0.15) is 0 Å². The highest BCUT2D eigenvalue weighted by Crippen LogP contribution is 2.45. The first-order valence-corrected chi connectivity index (χ1v) is 6.31. The number of hydrogen-bond donors (Lipinski definition) is 1. The van der Waals surface area contributed by atoms with Gasteiger partial charge >= 0.3 is 5.97 Å². The summed E-state index contributed by atoms with van der Waals surface area (Å²) in [6.07, 6.45) is 5.93. The van der Waals surface area contributed by atoms with Crippen LogP contribution in [0.2, 0.25) is 0 Å². The van der Waals surface area contributed by atoms with E-state index in [2.05, 4.69) is 26.8 Å². The molecule has 2 nitrogen and oxygen atoms in total. The molecule has 2 heteroatoms. The zero-order chi connectivity index (χ0) is 12.3. The minimum Gasteiger partial charge on any atom is -0.481 e. The molecule has 0 aromatic heterocycles. The highest BCUT2D eigenvalue weighted by atomic mass is 16.4. The normalized spacial score (nSPS) is 25.2. The Morgan fingerprint density at radius 3 is 2.62 bits per heavy atom. The van der Waals surface area contributed by atoms with Crippen molar-refractivity contribution in [1.29, 1.82) is 0 Å². The molecule has 16 heavy (non-hydrogen) atoms. The first kappa shape index (κ1) is 13.3. The number of rotatable bonds is 5. The molecule has 1 aliphatic carbocycles. The van der Waals surface area contributed by atoms with Crippen LogP contribution in [-0.4, -0.2) is 11.1 Å². The summed E-state index contributed by atoms with van der Waals surface area (Å²) in [6, 6.07) is 0. The van der Waals surface area contributed by atoms with Crippen LogP contribution in [0.1, 0.15) is 53.4 Å². The Kier molecular flexibility index (Phi) is 4.17. The predicted octanol–water partition coefficient (Wildman–Crippen LogP) is 3.87. The van der Waals surface area contributed by atoms with Crippen LogP contribution in [0.4, 0.5) is 0 Å². The highest BCUT2D eigenvalue weighted by Gasteiger charge is 2.34. The van der Waals surface area contributed by atoms with Crippen LogP contribution in [0.3, 0.4) is 0 Å². The molecule has 0 aromatic carbocycles. The molecule has 0 aliphatic heterocycles. The van der Waals surface area contributed by atoms with E-state index < -0.39 is 5.97 Å². The lowest BCUT2D eigenvalue weighted by molar-refractivity contribution is -0.142. The number of allylic oxidation sites excluding steroid dienone is 2. The zero-order valence-electron chi connectivity index (χ0n) is 10.9. The third kappa shape index (κ3) is 2.66. The van der Waals surface area contributed by atoms with E-state index in [1.54, 1.807) is 0 Å². The first-order chi connectivity index (χ1) is 7.39. The van der Waals surface area contributed by atoms with Crippen molar-refractivity contribution < 1.29 is 9.90 Å². The van der Waals surface area contributed by atoms with Crippen LogP contribution in [0, 0.1) is 17.3 Å². The SMILES string of the molecule is CCC(CCC1=CCC(C)C1(C)C)C(=O)O. The van der Waals surface area contributed by atoms with Crippen molar-refractivity contribution in [3.63, 3.8) is 0 Å². The Morgan fingerprint density at radius 2 is 2.25 bits per heavy atom. The van der Waals surface area contributed by atoms with E-state index in [0.29, 0.717) is 5.92 Å². The van der Waals surface area contributed by atoms with Gasteiger partial charge in [-0.15, -0.1) is 0 Å². The van der Waals surface area contributed by atoms with Crippen LogP contribution in [0.5, 0.6) is 0 Å². The van der Waals surface area contributed by atoms with E-state index in [4.69, 9.17) is 5.11 Å². The molecule has 0 saturated heterocycles. The van der Waals surface area contributed by atoms with Gasteiger partial charge in [0.15, 0.2) is 0 Å². The van der Waals surface area contributed by atoms with Gasteiger partial charge in [-0.1, -0.05) is 39.3 Å². The van der Waals surface area contributed by atoms with E-state index in [-0.39, 0.29) is 11.3 Å². The molecule has 92 valence electrons. The summed E-state index contributed by atoms with van der Waals surface area (Å²) >= 11 is 0. The second kappa shape index (κ2) is 5.03. The van der Waals surface area contributed by atoms with Gasteiger partial charge in [0.1, 0.15) is 0 Å². The van der Waals surface area contributed by atoms with Crippen molar-refractivity contribution in [2.45, 2.75) is 53.4 Å². The summed E-state index contributed by atoms with van der Waals surface area (Å²) in [6.45, 7) is 8.78. The van der Waals surface area contributed by atoms with Crippen molar-refractivity contribution in [2.75, 3.05) is 0 Å². The molecule has 0 saturated carbocycles. The maximum atomic E-state index is 10.9. The average Bonchev–Trinajstić information content (AvgIpc) is 2.44. The Hall–Kier alpha value is -0.790. The van der Waals surface area contributed by atoms with Crippen molar-refractivity contribution in [2.24, 2.45) is 17.3 Å². The Labute approximate surface area is 98.7 Å². The van der Waals surface area contributed by atoms with Crippen LogP contribution in [0.25, 0.3) is 0 Å². The van der Waals surface area contributed by atoms with E-state index in [0.717, 1.165) is 25.7 Å². The lowest BCUT2D eigenvalue weighted by Gasteiger charge is -2.29. The summed E-state index contributed by atoms with van der Waals surface area (Å²) in [5.41, 5.74) is 1.72. The van der Waals surface area contributed by atoms with Crippen molar-refractivity contribution in [3.8, 4) is 0 Å². The molecule has 2 unspecified atom stereocenters. The Morgan fingerprint density at radius 1 is 1.62 bits per heavy atom. The van der Waals surface area contributed by atoms with E-state index in [1.807, 2.05) is 6.92 Å². The fourth-order valence-electron chi connectivity index (χ4n) is 2.45. The van der Waals surface area contributed by atoms with Crippen LogP contribution >= 0.6 is 0 Å². The lowest BCUT2D eigenvalue weighted by Crippen LogP contribution is -2.20. The van der Waals surface area contributed by atoms with Crippen LogP contribution < -0.4 is 0 Å². The number of carbonyl (C=O) groups is 1. The Balaban J connectivity index is 2.53. The maximum Gasteiger partial charge on any atom is 0.306 e. The minimum absolute atomic E-state index is 0.174. The van der Waals surface area contributed by atoms with Crippen molar-refractivity contribution >= 4 is 5.97 Å². The summed E-state index contributed by atoms with van der Waals surface area (Å²) in [4.78, 5) is 10.9. The topological polar surface area (TPSA) is 37.3 Å². The molecule has 1 rings (SSSR count). The molecule has 0 heterocycles. The number of aliphatic carboxylic acids is 1. The molecule has 1 N–H and O–H groups in total. The fourth-order valence-corrected chi connectivity index (χ4v) is 2.45. The summed E-state index contributed by atoms with van der Waals surface area (Å²) in [5.74, 6) is -0.132. The Bertz CT molecular complexity index is 289. The quantitative estimate of drug-likeness (QED) is 0.720. The van der Waals surface area contributed by atoms with Gasteiger partial charge in [-0.25, -0.2) is 0 Å². The van der Waals surface area contributed by atoms with E-state index in [1.165, 1.54) is 5.57 Å². The second-order valence-corrected chi connectivity index (χ2v) is 5.57. The minimum atomic E-state index is -0.646. The number of carboxylic acid groups (broad SMARTS) is 1. The summed E-state index contributed by atoms with van der Waals surface area (Å²) < 4.78 is 0. The molecular formula is C14H24O2. The molecular weight excluding hydrogens is 200 g/mol. The summed E-state index contributed by atoms with van der Waals surface area (Å²) in [7, 11) is 0. The molecule has 2 atom stereocenters. The van der Waals surface area contributed by atoms with Gasteiger partial charge < -0.3 is 5.11 Å². The first-order valence-electron chi connectivity index (χ1n) is 6.31. The largest absolute Gasteiger partial charge is 0.481 e. The van der Waals surface area contributed by atoms with Gasteiger partial charge in [-0.3, -0.25) is 4.79 Å². The van der Waals surface area contributed by atoms with Crippen LogP contribution in [-0.2, 0) is 4.79 Å². The smallest absolute Gasteiger partial charge is 0.306 e. The number of carboxylic acids is 1. The van der Waals surface area contributed by atoms with Crippen molar-refractivity contribution in [3.05, 3.63) is 11.6 Å². The number of hydrogen-bond acceptors (Lipinski definition) is 1. The molecule has 0 aromatic rings. The van der Waals surface area contributed by atoms with E-state index in [9.17, 15) is 4.79 Å². The van der Waals surface area contributed by atoms with Crippen LogP contribution in [0.15, 0.2) is 11.6 Å². The third-order valence-corrected chi connectivity index (χ3v) is 4.38. The third-order valence-electron chi connectivity index (χ3n) is 4.38. The predicted molar refractivity (Wildman–Crippen MR) is 66.3 cm³/mol. The molecule has 0 spiro atoms. The van der Waals surface area contributed by atoms with Crippen molar-refractivity contribution in [1.82, 2.24) is 0 Å². The van der Waals surface area contributed by atoms with Gasteiger partial charge in [-0.05, 0) is 37.0 Å². The average molecular weight is 224 g/mol. The molecule has 0 fully saturated rings. The fraction of sp³-hybridized carbons (Fsp3) is 0.786. The molecule has 0 radical (unpaired) electrons. The monoisotopic (exact) mass is 224 g/mol. The summed E-state index contributed by atoms with van der Waals surface area (Å²) in [5, 5.41) is 9.01. The van der Waals surface area contributed by atoms with E-state index >= 15 is 0 Å². The second-order valence-electron chi connectivity index (χ2n) is 5.57. The standard InChI is InChI=1S/C14H24O2/c1-5-11(13(15)16)7-9-12-8-6-10(2)14(12,3)4/h8,10-11H,5-7,9H2,1-4H3,(H,15,16). The molecule has 0 amide bonds. The van der Waals surface area contributed by atoms with Gasteiger partial charge in [0.05, 0.1) is 5.92 Å². The maximum absolute atomic E-state index is 10.9. The zero-order valence-corrected chi connectivity index (χ0v) is 10.9. The molecule has 1 aliphatic rings. The lowest BCUT2D eigenvalue weighted by atomic mass is 9.76. The molecule has 0 bridgehead atoms. The highest BCUT2D eigenvalue weighted by molar-refractivity contribution is 5.69. The van der Waals surface area contributed by atoms with Gasteiger partial charge in [0.2, 0.25) is 0 Å². The van der Waals surface area contributed by atoms with Gasteiger partial charge in [0, 0.05) is 0 Å².